The number of fused-ring (bicyclic) bond motifs is 1. The summed E-state index contributed by atoms with van der Waals surface area (Å²) in [6.45, 7) is 4.09. The van der Waals surface area contributed by atoms with Crippen LogP contribution in [0.15, 0.2) is 70.3 Å². The van der Waals surface area contributed by atoms with Crippen LogP contribution in [0.3, 0.4) is 0 Å². The number of benzene rings is 2. The Labute approximate surface area is 200 Å². The lowest BCUT2D eigenvalue weighted by Gasteiger charge is -2.57. The monoisotopic (exact) mass is 482 g/mol. The van der Waals surface area contributed by atoms with Crippen LogP contribution >= 0.6 is 11.3 Å². The Morgan fingerprint density at radius 3 is 2.48 bits per heavy atom. The molecule has 0 bridgehead atoms. The summed E-state index contributed by atoms with van der Waals surface area (Å²) in [7, 11) is -3.49. The van der Waals surface area contributed by atoms with Crippen molar-refractivity contribution >= 4 is 21.4 Å². The summed E-state index contributed by atoms with van der Waals surface area (Å²) in [6, 6.07) is 20.6. The summed E-state index contributed by atoms with van der Waals surface area (Å²) < 4.78 is 28.6. The van der Waals surface area contributed by atoms with E-state index in [0.717, 1.165) is 19.4 Å². The zero-order valence-corrected chi connectivity index (χ0v) is 20.4. The first kappa shape index (κ1) is 22.7. The van der Waals surface area contributed by atoms with Gasteiger partial charge in [0.25, 0.3) is 10.0 Å². The first-order valence-corrected chi connectivity index (χ1v) is 13.9. The van der Waals surface area contributed by atoms with Crippen molar-refractivity contribution < 1.29 is 13.5 Å². The fraction of sp³-hybridized carbons (Fsp3) is 0.385. The number of aryl methyl sites for hydroxylation is 1. The zero-order chi connectivity index (χ0) is 23.0. The molecule has 0 unspecified atom stereocenters. The van der Waals surface area contributed by atoms with Crippen molar-refractivity contribution in [3.05, 3.63) is 77.2 Å². The van der Waals surface area contributed by atoms with Gasteiger partial charge < -0.3 is 5.11 Å². The number of hydrogen-bond acceptors (Lipinski definition) is 5. The van der Waals surface area contributed by atoms with Gasteiger partial charge in [0.15, 0.2) is 0 Å². The van der Waals surface area contributed by atoms with Crippen LogP contribution in [0.25, 0.3) is 11.1 Å². The van der Waals surface area contributed by atoms with Gasteiger partial charge in [-0.3, -0.25) is 4.90 Å². The highest BCUT2D eigenvalue weighted by atomic mass is 32.2. The van der Waals surface area contributed by atoms with Gasteiger partial charge in [0.1, 0.15) is 4.21 Å². The first-order valence-electron chi connectivity index (χ1n) is 11.6. The molecule has 2 aromatic carbocycles. The maximum Gasteiger partial charge on any atom is 0.252 e. The van der Waals surface area contributed by atoms with Crippen molar-refractivity contribution in [3.8, 4) is 11.1 Å². The maximum atomic E-state index is 13.3. The third-order valence-electron chi connectivity index (χ3n) is 7.07. The average molecular weight is 483 g/mol. The molecule has 5 rings (SSSR count). The van der Waals surface area contributed by atoms with Crippen molar-refractivity contribution in [3.63, 3.8) is 0 Å². The number of rotatable bonds is 5. The van der Waals surface area contributed by atoms with Crippen LogP contribution in [-0.2, 0) is 10.0 Å². The lowest BCUT2D eigenvalue weighted by Crippen LogP contribution is -2.67. The summed E-state index contributed by atoms with van der Waals surface area (Å²) in [5.74, 6) is 0.112. The minimum absolute atomic E-state index is 0.0317. The Morgan fingerprint density at radius 2 is 1.79 bits per heavy atom. The quantitative estimate of drug-likeness (QED) is 0.588. The van der Waals surface area contributed by atoms with Gasteiger partial charge in [0, 0.05) is 31.1 Å². The molecule has 174 valence electrons. The van der Waals surface area contributed by atoms with Crippen molar-refractivity contribution in [2.75, 3.05) is 26.2 Å². The second-order valence-corrected chi connectivity index (χ2v) is 12.2. The molecular weight excluding hydrogens is 452 g/mol. The van der Waals surface area contributed by atoms with Gasteiger partial charge in [-0.25, -0.2) is 8.42 Å². The summed E-state index contributed by atoms with van der Waals surface area (Å²) in [5.41, 5.74) is 4.75. The zero-order valence-electron chi connectivity index (χ0n) is 18.8. The highest BCUT2D eigenvalue weighted by Gasteiger charge is 2.50. The van der Waals surface area contributed by atoms with Crippen molar-refractivity contribution in [1.29, 1.82) is 0 Å². The molecule has 0 aliphatic carbocycles. The van der Waals surface area contributed by atoms with Crippen LogP contribution in [0.1, 0.15) is 29.9 Å². The Hall–Kier alpha value is -2.03. The fourth-order valence-electron chi connectivity index (χ4n) is 5.39. The Bertz CT molecular complexity index is 1190. The number of hydrogen-bond donors (Lipinski definition) is 1. The Morgan fingerprint density at radius 1 is 1.00 bits per heavy atom. The van der Waals surface area contributed by atoms with E-state index >= 15 is 0 Å². The van der Waals surface area contributed by atoms with Crippen molar-refractivity contribution in [2.24, 2.45) is 0 Å². The molecule has 5 nitrogen and oxygen atoms in total. The number of nitrogens with zero attached hydrogens (tertiary/aromatic N) is 2. The largest absolute Gasteiger partial charge is 0.395 e. The van der Waals surface area contributed by atoms with Crippen LogP contribution in [0.2, 0.25) is 0 Å². The molecule has 1 N–H and O–H groups in total. The maximum absolute atomic E-state index is 13.3. The third-order valence-corrected chi connectivity index (χ3v) is 10.3. The fourth-order valence-corrected chi connectivity index (χ4v) is 8.03. The summed E-state index contributed by atoms with van der Waals surface area (Å²) in [4.78, 5) is 2.31. The van der Waals surface area contributed by atoms with E-state index in [1.54, 1.807) is 16.4 Å². The van der Waals surface area contributed by atoms with Gasteiger partial charge in [-0.2, -0.15) is 4.31 Å². The van der Waals surface area contributed by atoms with Gasteiger partial charge in [-0.15, -0.1) is 11.3 Å². The normalized spacial score (nSPS) is 24.5. The van der Waals surface area contributed by atoms with Crippen LogP contribution in [0, 0.1) is 6.92 Å². The number of sulfonamides is 1. The second-order valence-electron chi connectivity index (χ2n) is 9.07. The van der Waals surface area contributed by atoms with E-state index < -0.39 is 10.0 Å². The average Bonchev–Trinajstić information content (AvgIpc) is 3.34. The van der Waals surface area contributed by atoms with E-state index in [4.69, 9.17) is 0 Å². The number of aliphatic hydroxyl groups is 1. The van der Waals surface area contributed by atoms with Crippen molar-refractivity contribution in [1.82, 2.24) is 9.21 Å². The lowest BCUT2D eigenvalue weighted by molar-refractivity contribution is -0.0553. The molecule has 0 saturated carbocycles. The predicted octanol–water partition coefficient (Wildman–Crippen LogP) is 4.34. The summed E-state index contributed by atoms with van der Waals surface area (Å²) in [6.07, 6.45) is 1.77. The second kappa shape index (κ2) is 9.31. The standard InChI is InChI=1S/C26H30N2O3S2/c1-19-6-4-7-22(16-19)20-9-11-21(12-10-20)26-23-17-27(33(30,31)25-8-5-15-32-25)13-2-3-14-28(23)24(26)18-29/h4-12,15-16,23-24,26,29H,2-3,13-14,17-18H2,1H3/t23-,24-,26+/m1/s1. The molecule has 2 fully saturated rings. The summed E-state index contributed by atoms with van der Waals surface area (Å²) in [5, 5.41) is 12.0. The molecule has 3 heterocycles. The minimum atomic E-state index is -3.49. The SMILES string of the molecule is Cc1cccc(-c2ccc([C@@H]3[C@@H](CO)N4CCCCN(S(=O)(=O)c5cccs5)C[C@H]34)cc2)c1. The van der Waals surface area contributed by atoms with Gasteiger partial charge in [-0.05, 0) is 54.4 Å². The molecule has 7 heteroatoms. The molecule has 1 aromatic heterocycles. The smallest absolute Gasteiger partial charge is 0.252 e. The topological polar surface area (TPSA) is 60.9 Å². The first-order chi connectivity index (χ1) is 16.0. The van der Waals surface area contributed by atoms with Gasteiger partial charge >= 0.3 is 0 Å². The molecule has 2 saturated heterocycles. The molecular formula is C26H30N2O3S2. The highest BCUT2D eigenvalue weighted by molar-refractivity contribution is 7.91. The van der Waals surface area contributed by atoms with E-state index in [1.807, 2.05) is 5.38 Å². The van der Waals surface area contributed by atoms with Crippen LogP contribution in [0.5, 0.6) is 0 Å². The molecule has 0 radical (unpaired) electrons. The third kappa shape index (κ3) is 4.29. The van der Waals surface area contributed by atoms with E-state index in [0.29, 0.717) is 17.3 Å². The van der Waals surface area contributed by atoms with Gasteiger partial charge in [0.05, 0.1) is 6.61 Å². The van der Waals surface area contributed by atoms with E-state index in [-0.39, 0.29) is 24.6 Å². The molecule has 0 spiro atoms. The Balaban J connectivity index is 1.42. The van der Waals surface area contributed by atoms with Crippen molar-refractivity contribution in [2.45, 2.75) is 42.0 Å². The van der Waals surface area contributed by atoms with E-state index in [9.17, 15) is 13.5 Å². The molecule has 3 atom stereocenters. The number of aliphatic hydroxyl groups excluding tert-OH is 1. The summed E-state index contributed by atoms with van der Waals surface area (Å²) >= 11 is 1.28. The van der Waals surface area contributed by atoms with Crippen LogP contribution in [-0.4, -0.2) is 61.1 Å². The molecule has 2 aliphatic rings. The number of thiophene rings is 1. The van der Waals surface area contributed by atoms with Gasteiger partial charge in [0.2, 0.25) is 0 Å². The Kier molecular flexibility index (Phi) is 6.42. The lowest BCUT2D eigenvalue weighted by atomic mass is 9.74. The minimum Gasteiger partial charge on any atom is -0.395 e. The molecule has 3 aromatic rings. The predicted molar refractivity (Wildman–Crippen MR) is 133 cm³/mol. The highest BCUT2D eigenvalue weighted by Crippen LogP contribution is 2.43. The molecule has 0 amide bonds. The van der Waals surface area contributed by atoms with E-state index in [2.05, 4.69) is 60.4 Å². The molecule has 33 heavy (non-hydrogen) atoms. The van der Waals surface area contributed by atoms with Crippen LogP contribution in [0.4, 0.5) is 0 Å². The van der Waals surface area contributed by atoms with Gasteiger partial charge in [-0.1, -0.05) is 60.2 Å². The van der Waals surface area contributed by atoms with E-state index in [1.165, 1.54) is 33.6 Å². The molecule has 2 aliphatic heterocycles. The van der Waals surface area contributed by atoms with Crippen LogP contribution < -0.4 is 0 Å².